The third kappa shape index (κ3) is 40.8. The van der Waals surface area contributed by atoms with Crippen LogP contribution in [0.25, 0.3) is 81.0 Å². The molecule has 0 saturated heterocycles. The van der Waals surface area contributed by atoms with E-state index in [0.717, 1.165) is 92.1 Å². The number of esters is 2. The molecule has 4 amide bonds. The van der Waals surface area contributed by atoms with Crippen molar-refractivity contribution in [1.29, 1.82) is 10.5 Å². The molecule has 0 bridgehead atoms. The number of hydrogen-bond donors (Lipinski definition) is 4. The monoisotopic (exact) mass is 2440 g/mol. The van der Waals surface area contributed by atoms with E-state index >= 15 is 0 Å². The number of hydrogen-bond acceptors (Lipinski definition) is 26. The van der Waals surface area contributed by atoms with Crippen molar-refractivity contribution in [2.24, 2.45) is 0 Å². The van der Waals surface area contributed by atoms with Gasteiger partial charge in [-0.3, -0.25) is 47.7 Å². The number of carbonyl (C=O) groups excluding carboxylic acids is 6. The Morgan fingerprint density at radius 1 is 0.450 bits per heavy atom. The largest absolute Gasteiger partial charge is 1.00 e. The van der Waals surface area contributed by atoms with Gasteiger partial charge >= 0.3 is 81.5 Å². The molecule has 2 aliphatic rings. The van der Waals surface area contributed by atoms with Crippen LogP contribution in [0, 0.1) is 34.3 Å². The zero-order valence-corrected chi connectivity index (χ0v) is 97.4. The minimum Gasteiger partial charge on any atom is -0.850 e. The first-order chi connectivity index (χ1) is 65.2. The van der Waals surface area contributed by atoms with Gasteiger partial charge in [0.05, 0.1) is 131 Å². The van der Waals surface area contributed by atoms with Crippen LogP contribution in [-0.2, 0) is 41.0 Å². The second-order valence-electron chi connectivity index (χ2n) is 28.0. The van der Waals surface area contributed by atoms with Crippen LogP contribution in [0.5, 0.6) is 0 Å². The number of nitrogen functional groups attached to an aromatic ring is 2. The van der Waals surface area contributed by atoms with E-state index in [9.17, 15) is 65.7 Å². The Labute approximate surface area is 957 Å². The summed E-state index contributed by atoms with van der Waals surface area (Å²) in [5.41, 5.74) is 14.1. The second kappa shape index (κ2) is 60.1. The van der Waals surface area contributed by atoms with Crippen molar-refractivity contribution >= 4 is 413 Å². The van der Waals surface area contributed by atoms with E-state index in [-0.39, 0.29) is 122 Å². The Kier molecular flexibility index (Phi) is 54.0. The topological polar surface area (TPSA) is 376 Å². The van der Waals surface area contributed by atoms with E-state index in [2.05, 4.69) is 107 Å². The van der Waals surface area contributed by atoms with Crippen LogP contribution in [0.1, 0.15) is 105 Å². The molecule has 0 aliphatic carbocycles. The molecule has 0 saturated carbocycles. The molecule has 0 radical (unpaired) electrons. The quantitative estimate of drug-likeness (QED) is 0.0237. The van der Waals surface area contributed by atoms with E-state index in [1.54, 1.807) is 96.1 Å². The predicted octanol–water partition coefficient (Wildman–Crippen LogP) is 26.0. The summed E-state index contributed by atoms with van der Waals surface area (Å²) in [5, 5.41) is 45.5. The molecular weight excluding hydrogens is 2380 g/mol. The van der Waals surface area contributed by atoms with Gasteiger partial charge in [-0.2, -0.15) is 10.5 Å². The number of methoxy groups -OCH3 is 2. The fourth-order valence-electron chi connectivity index (χ4n) is 10.7. The Bertz CT molecular complexity index is 7320. The van der Waals surface area contributed by atoms with Crippen molar-refractivity contribution in [2.75, 3.05) is 40.0 Å². The smallest absolute Gasteiger partial charge is 0.850 e. The third-order valence-electron chi connectivity index (χ3n) is 15.8. The van der Waals surface area contributed by atoms with E-state index in [1.807, 2.05) is 66.7 Å². The Morgan fingerprint density at radius 2 is 0.786 bits per heavy atom. The van der Waals surface area contributed by atoms with Crippen molar-refractivity contribution in [3.05, 3.63) is 260 Å². The van der Waals surface area contributed by atoms with Crippen LogP contribution in [0.4, 0.5) is 28.9 Å². The van der Waals surface area contributed by atoms with E-state index in [4.69, 9.17) is 164 Å². The standard InChI is InChI=1S/2C11H6ClNO2S.2C10H3Cl3N2S.2C10H8ClNO2S.2C7H3ClFN.2C4H9O.2CH3F.2Cl3OP.2Na/c12-5-1-2-8-6(3-5)7-4-9(14)13-11(15)10(7)16-8;12-7-3-1-2-5-6-4-8(14)13-11(15)10(6)16-9(5)7;11-4-1-2-6-5(3-4)7-8(16-6)9(12)15-10(13)14-7;11-5-3-1-2-4-6-8(16-7(4)5)9(12)15-10(13)14-6;1-14-10(13)9-8(12)6-4-5(11)2-3-7(6)15-9;1-14-10(13)9-7(12)5-3-2-4-6(11)8(5)15-9;8-6-1-2-7(9)5(3-6)4-10;8-6-3-1-2-5(4-10)7(6)9;2*1-4(2,3)5;2*1-2;2*1-5(2,3)4;;/h2*1-3H,4H2,(H,13,14,15);2*1-3H;2*2-4H,12H2,1H3;2*1-3H;2*1-3H3;2*1H3;;;;/q;;;;;;;;2*-1;;;;;2*+1/i;;;;;;;;;;2*1D;;;;. The van der Waals surface area contributed by atoms with Gasteiger partial charge in [0.15, 0.2) is 16.1 Å². The molecule has 0 spiro atoms. The maximum absolute atomic E-state index is 12.6. The predicted molar refractivity (Wildman–Crippen MR) is 567 cm³/mol. The first-order valence-corrected chi connectivity index (χ1v) is 55.3. The number of benzene rings is 8. The number of fused-ring (bicyclic) bond motifs is 14. The first-order valence-electron chi connectivity index (χ1n) is 38.4. The number of carbonyl (C=O) groups is 6. The van der Waals surface area contributed by atoms with E-state index < -0.39 is 59.5 Å². The normalized spacial score (nSPS) is 11.6. The molecule has 2 aliphatic heterocycles. The SMILES string of the molecule is CC(C)(C)[O-].CC(C)(C)[O-].COC(=O)c1sc2c(Cl)cccc2c1N.COC(=O)c1sc2ccc(Cl)cc2c1N.Clc1ccc2sc3c(Cl)nc(Cl)nc3c2c1.Clc1nc(Cl)c2sc3c(Cl)cccc3c2n1.N#Cc1cc(Cl)ccc1F.N#Cc1cccc(Cl)c1F.O=C1Cc2c(sc3c(Cl)cccc23)C(=O)N1.O=C1Cc2c(sc3ccc(Cl)cc23)C(=O)N1.O=P(Cl)(Cl)Cl.O=P(Cl)(Cl)Cl.[2H]CF.[2H]CF.[Na+].[Na+]. The molecule has 8 aromatic carbocycles. The Balaban J connectivity index is 0.000000403. The summed E-state index contributed by atoms with van der Waals surface area (Å²) in [4.78, 5) is 86.8. The zero-order valence-electron chi connectivity index (χ0n) is 75.1. The average Bonchev–Trinajstić information content (AvgIpc) is 1.60. The van der Waals surface area contributed by atoms with Gasteiger partial charge in [-0.1, -0.05) is 200 Å². The number of rotatable bonds is 2. The van der Waals surface area contributed by atoms with Crippen molar-refractivity contribution < 1.29 is 137 Å². The maximum atomic E-state index is 12.6. The molecule has 22 nitrogen and oxygen atoms in total. The number of ether oxygens (including phenoxy) is 2. The molecule has 10 heterocycles. The number of halogens is 22. The zero-order chi connectivity index (χ0) is 106. The molecular formula is C86H64Cl18F4N10Na2O12P2S6. The van der Waals surface area contributed by atoms with Crippen molar-refractivity contribution in [2.45, 2.75) is 65.6 Å². The third-order valence-corrected chi connectivity index (χ3v) is 26.7. The van der Waals surface area contributed by atoms with Gasteiger partial charge in [0.25, 0.3) is 11.8 Å². The van der Waals surface area contributed by atoms with E-state index in [0.29, 0.717) is 76.3 Å². The van der Waals surface area contributed by atoms with Crippen molar-refractivity contribution in [3.8, 4) is 12.1 Å². The number of imide groups is 2. The number of nitriles is 2. The summed E-state index contributed by atoms with van der Waals surface area (Å²) >= 11 is 106. The summed E-state index contributed by atoms with van der Waals surface area (Å²) in [6, 6.07) is 44.5. The minimum atomic E-state index is -3.22. The molecule has 140 heavy (non-hydrogen) atoms. The second-order valence-corrected chi connectivity index (χ2v) is 52.2. The Hall–Kier alpha value is -4.68. The molecule has 18 rings (SSSR count). The van der Waals surface area contributed by atoms with Gasteiger partial charge in [-0.25, -0.2) is 38.3 Å². The van der Waals surface area contributed by atoms with Gasteiger partial charge < -0.3 is 31.2 Å². The van der Waals surface area contributed by atoms with Gasteiger partial charge in [-0.05, 0) is 216 Å². The number of anilines is 2. The molecule has 0 atom stereocenters. The van der Waals surface area contributed by atoms with Gasteiger partial charge in [0.1, 0.15) is 27.7 Å². The minimum absolute atomic E-state index is 0. The van der Waals surface area contributed by atoms with Crippen LogP contribution in [0.15, 0.2) is 146 Å². The summed E-state index contributed by atoms with van der Waals surface area (Å²) in [6.07, 6.45) is 0.503. The molecule has 16 aromatic rings. The maximum Gasteiger partial charge on any atom is 1.00 e. The number of nitrogens with two attached hydrogens (primary N) is 2. The fraction of sp³-hybridized carbons (Fsp3) is 0.163. The number of nitrogens with one attached hydrogen (secondary N) is 2. The number of amides is 4. The number of alkyl halides is 2. The number of nitrogens with zero attached hydrogens (tertiary/aromatic N) is 6. The molecule has 732 valence electrons. The summed E-state index contributed by atoms with van der Waals surface area (Å²) in [5.74, 6) is -3.14. The average molecular weight is 2450 g/mol. The van der Waals surface area contributed by atoms with Crippen LogP contribution in [0.3, 0.4) is 0 Å². The van der Waals surface area contributed by atoms with Crippen LogP contribution < -0.4 is 91.4 Å². The van der Waals surface area contributed by atoms with Crippen molar-refractivity contribution in [1.82, 2.24) is 30.6 Å². The number of thiophene rings is 6. The summed E-state index contributed by atoms with van der Waals surface area (Å²) in [6.45, 7) is 9.79. The Morgan fingerprint density at radius 3 is 1.21 bits per heavy atom. The summed E-state index contributed by atoms with van der Waals surface area (Å²) < 4.78 is 91.7. The van der Waals surface area contributed by atoms with Crippen molar-refractivity contribution in [3.63, 3.8) is 0 Å². The molecule has 0 unspecified atom stereocenters. The summed E-state index contributed by atoms with van der Waals surface area (Å²) in [7, 11) is 0.660. The number of aromatic nitrogens is 4. The van der Waals surface area contributed by atoms with Crippen LogP contribution in [0.2, 0.25) is 61.1 Å². The van der Waals surface area contributed by atoms with E-state index in [1.165, 1.54) is 119 Å². The molecule has 54 heteroatoms. The van der Waals surface area contributed by atoms with Crippen LogP contribution in [-0.4, -0.2) is 95.2 Å². The molecule has 6 N–H and O–H groups in total. The van der Waals surface area contributed by atoms with Gasteiger partial charge in [-0.15, -0.1) is 79.2 Å². The fourth-order valence-corrected chi connectivity index (χ4v) is 19.8. The molecule has 0 fully saturated rings. The van der Waals surface area contributed by atoms with Gasteiger partial charge in [0.2, 0.25) is 22.4 Å². The van der Waals surface area contributed by atoms with Gasteiger partial charge in [0, 0.05) is 55.7 Å². The first kappa shape index (κ1) is 126. The molecule has 8 aromatic heterocycles. The van der Waals surface area contributed by atoms with Crippen LogP contribution >= 0.6 is 285 Å².